The average molecular weight is 296 g/mol. The van der Waals surface area contributed by atoms with Crippen LogP contribution in [0, 0.1) is 0 Å². The van der Waals surface area contributed by atoms with E-state index in [0.29, 0.717) is 45.9 Å². The predicted octanol–water partition coefficient (Wildman–Crippen LogP) is 0.429. The lowest BCUT2D eigenvalue weighted by atomic mass is 10.3. The quantitative estimate of drug-likeness (QED) is 0.528. The smallest absolute Gasteiger partial charge is 0.218 e. The highest BCUT2D eigenvalue weighted by Crippen LogP contribution is 2.11. The molecule has 0 aliphatic carbocycles. The lowest BCUT2D eigenvalue weighted by Crippen LogP contribution is -2.44. The molecule has 0 aliphatic heterocycles. The van der Waals surface area contributed by atoms with Gasteiger partial charge in [-0.05, 0) is 20.3 Å². The summed E-state index contributed by atoms with van der Waals surface area (Å²) in [5, 5.41) is -0.532. The molecule has 0 bridgehead atoms. The summed E-state index contributed by atoms with van der Waals surface area (Å²) < 4.78 is 36.7. The maximum atomic E-state index is 12.4. The molecule has 0 rings (SSSR count). The summed E-state index contributed by atoms with van der Waals surface area (Å²) in [6.07, 6.45) is 0.513. The van der Waals surface area contributed by atoms with Crippen molar-refractivity contribution in [1.29, 1.82) is 0 Å². The van der Waals surface area contributed by atoms with Gasteiger partial charge in [0.25, 0.3) is 0 Å². The molecule has 0 amide bonds. The topological polar surface area (TPSA) is 81.9 Å². The molecule has 0 aromatic carbocycles. The van der Waals surface area contributed by atoms with E-state index in [1.54, 1.807) is 0 Å². The summed E-state index contributed by atoms with van der Waals surface area (Å²) in [6.45, 7) is 8.37. The molecule has 19 heavy (non-hydrogen) atoms. The van der Waals surface area contributed by atoms with Gasteiger partial charge < -0.3 is 15.2 Å². The van der Waals surface area contributed by atoms with Gasteiger partial charge in [0.05, 0.1) is 18.5 Å². The predicted molar refractivity (Wildman–Crippen MR) is 76.6 cm³/mol. The maximum Gasteiger partial charge on any atom is 0.218 e. The maximum absolute atomic E-state index is 12.4. The Kier molecular flexibility index (Phi) is 10.4. The summed E-state index contributed by atoms with van der Waals surface area (Å²) in [5.41, 5.74) is 5.55. The van der Waals surface area contributed by atoms with Crippen molar-refractivity contribution in [2.24, 2.45) is 5.73 Å². The van der Waals surface area contributed by atoms with Crippen LogP contribution in [0.4, 0.5) is 0 Å². The highest BCUT2D eigenvalue weighted by molar-refractivity contribution is 7.89. The molecule has 6 nitrogen and oxygen atoms in total. The molecule has 0 aromatic rings. The molecule has 1 atom stereocenters. The first-order chi connectivity index (χ1) is 9.04. The van der Waals surface area contributed by atoms with Gasteiger partial charge in [-0.2, -0.15) is 4.31 Å². The van der Waals surface area contributed by atoms with E-state index in [9.17, 15) is 8.42 Å². The first-order valence-electron chi connectivity index (χ1n) is 6.88. The number of rotatable bonds is 12. The zero-order valence-electron chi connectivity index (χ0n) is 12.3. The standard InChI is InChI=1S/C12H28N2O4S/c1-4-12(11-13)19(15,16)14(7-9-17-5-2)8-10-18-6-3/h12H,4-11,13H2,1-3H3. The van der Waals surface area contributed by atoms with Crippen LogP contribution in [0.25, 0.3) is 0 Å². The van der Waals surface area contributed by atoms with Crippen LogP contribution < -0.4 is 5.73 Å². The number of nitrogens with zero attached hydrogens (tertiary/aromatic N) is 1. The summed E-state index contributed by atoms with van der Waals surface area (Å²) in [6, 6.07) is 0. The second kappa shape index (κ2) is 10.6. The fourth-order valence-corrected chi connectivity index (χ4v) is 3.44. The van der Waals surface area contributed by atoms with Crippen molar-refractivity contribution in [3.05, 3.63) is 0 Å². The van der Waals surface area contributed by atoms with E-state index >= 15 is 0 Å². The van der Waals surface area contributed by atoms with Crippen LogP contribution in [0.2, 0.25) is 0 Å². The summed E-state index contributed by atoms with van der Waals surface area (Å²) in [7, 11) is -3.38. The van der Waals surface area contributed by atoms with Crippen LogP contribution in [-0.4, -0.2) is 64.0 Å². The van der Waals surface area contributed by atoms with Crippen molar-refractivity contribution >= 4 is 10.0 Å². The number of ether oxygens (including phenoxy) is 2. The molecular formula is C12H28N2O4S. The molecule has 2 N–H and O–H groups in total. The minimum absolute atomic E-state index is 0.138. The number of hydrogen-bond donors (Lipinski definition) is 1. The Bertz CT molecular complexity index is 295. The van der Waals surface area contributed by atoms with Gasteiger partial charge >= 0.3 is 0 Å². The molecule has 1 unspecified atom stereocenters. The largest absolute Gasteiger partial charge is 0.380 e. The molecule has 0 saturated carbocycles. The van der Waals surface area contributed by atoms with Gasteiger partial charge in [-0.3, -0.25) is 0 Å². The Morgan fingerprint density at radius 3 is 1.84 bits per heavy atom. The second-order valence-corrected chi connectivity index (χ2v) is 6.32. The van der Waals surface area contributed by atoms with Gasteiger partial charge in [-0.1, -0.05) is 6.92 Å². The molecule has 0 aliphatic rings. The van der Waals surface area contributed by atoms with Crippen LogP contribution in [0.5, 0.6) is 0 Å². The van der Waals surface area contributed by atoms with Gasteiger partial charge in [0.15, 0.2) is 0 Å². The SMILES string of the molecule is CCOCCN(CCOCC)S(=O)(=O)C(CC)CN. The van der Waals surface area contributed by atoms with Crippen LogP contribution >= 0.6 is 0 Å². The second-order valence-electron chi connectivity index (χ2n) is 4.10. The van der Waals surface area contributed by atoms with Crippen LogP contribution in [-0.2, 0) is 19.5 Å². The molecule has 7 heteroatoms. The lowest BCUT2D eigenvalue weighted by molar-refractivity contribution is 0.110. The van der Waals surface area contributed by atoms with Gasteiger partial charge in [0, 0.05) is 32.8 Å². The van der Waals surface area contributed by atoms with Crippen molar-refractivity contribution in [1.82, 2.24) is 4.31 Å². The number of nitrogens with two attached hydrogens (primary N) is 1. The normalized spacial score (nSPS) is 13.9. The zero-order valence-corrected chi connectivity index (χ0v) is 13.1. The molecule has 116 valence electrons. The minimum atomic E-state index is -3.38. The van der Waals surface area contributed by atoms with E-state index in [1.807, 2.05) is 20.8 Å². The Morgan fingerprint density at radius 2 is 1.53 bits per heavy atom. The van der Waals surface area contributed by atoms with Gasteiger partial charge in [0.1, 0.15) is 0 Å². The minimum Gasteiger partial charge on any atom is -0.380 e. The third-order valence-corrected chi connectivity index (χ3v) is 5.33. The van der Waals surface area contributed by atoms with E-state index in [-0.39, 0.29) is 6.54 Å². The Balaban J connectivity index is 4.67. The molecule has 0 fully saturated rings. The molecule has 0 spiro atoms. The van der Waals surface area contributed by atoms with Crippen LogP contribution in [0.15, 0.2) is 0 Å². The Hall–Kier alpha value is -0.210. The summed E-state index contributed by atoms with van der Waals surface area (Å²) in [4.78, 5) is 0. The molecular weight excluding hydrogens is 268 g/mol. The van der Waals surface area contributed by atoms with Crippen LogP contribution in [0.1, 0.15) is 27.2 Å². The third-order valence-electron chi connectivity index (χ3n) is 2.88. The average Bonchev–Trinajstić information content (AvgIpc) is 2.38. The summed E-state index contributed by atoms with van der Waals surface area (Å²) in [5.74, 6) is 0. The summed E-state index contributed by atoms with van der Waals surface area (Å²) >= 11 is 0. The Morgan fingerprint density at radius 1 is 1.05 bits per heavy atom. The fourth-order valence-electron chi connectivity index (χ4n) is 1.70. The highest BCUT2D eigenvalue weighted by atomic mass is 32.2. The van der Waals surface area contributed by atoms with Crippen LogP contribution in [0.3, 0.4) is 0 Å². The molecule has 0 heterocycles. The van der Waals surface area contributed by atoms with E-state index in [2.05, 4.69) is 0 Å². The van der Waals surface area contributed by atoms with Crippen molar-refractivity contribution in [2.45, 2.75) is 32.4 Å². The molecule has 0 aromatic heterocycles. The highest BCUT2D eigenvalue weighted by Gasteiger charge is 2.29. The van der Waals surface area contributed by atoms with Gasteiger partial charge in [-0.25, -0.2) is 8.42 Å². The number of hydrogen-bond acceptors (Lipinski definition) is 5. The molecule has 0 saturated heterocycles. The van der Waals surface area contributed by atoms with Gasteiger partial charge in [0.2, 0.25) is 10.0 Å². The van der Waals surface area contributed by atoms with Crippen molar-refractivity contribution in [3.63, 3.8) is 0 Å². The molecule has 0 radical (unpaired) electrons. The van der Waals surface area contributed by atoms with E-state index in [0.717, 1.165) is 0 Å². The van der Waals surface area contributed by atoms with Crippen molar-refractivity contribution in [2.75, 3.05) is 46.1 Å². The lowest BCUT2D eigenvalue weighted by Gasteiger charge is -2.26. The first kappa shape index (κ1) is 18.8. The number of sulfonamides is 1. The third kappa shape index (κ3) is 6.67. The van der Waals surface area contributed by atoms with Gasteiger partial charge in [-0.15, -0.1) is 0 Å². The van der Waals surface area contributed by atoms with E-state index < -0.39 is 15.3 Å². The Labute approximate surface area is 117 Å². The van der Waals surface area contributed by atoms with Crippen molar-refractivity contribution < 1.29 is 17.9 Å². The zero-order chi connectivity index (χ0) is 14.7. The monoisotopic (exact) mass is 296 g/mol. The van der Waals surface area contributed by atoms with E-state index in [1.165, 1.54) is 4.31 Å². The van der Waals surface area contributed by atoms with Crippen molar-refractivity contribution in [3.8, 4) is 0 Å². The van der Waals surface area contributed by atoms with E-state index in [4.69, 9.17) is 15.2 Å². The first-order valence-corrected chi connectivity index (χ1v) is 8.39. The fraction of sp³-hybridized carbons (Fsp3) is 1.00.